The Kier molecular flexibility index (Phi) is 4.47. The number of carbonyl (C=O) groups is 1. The minimum absolute atomic E-state index is 0.222. The van der Waals surface area contributed by atoms with Crippen molar-refractivity contribution in [2.75, 3.05) is 0 Å². The Morgan fingerprint density at radius 3 is 2.33 bits per heavy atom. The number of nitrogens with two attached hydrogens (primary N) is 1. The van der Waals surface area contributed by atoms with Crippen LogP contribution in [0.25, 0.3) is 0 Å². The van der Waals surface area contributed by atoms with Crippen molar-refractivity contribution in [2.45, 2.75) is 71.9 Å². The maximum atomic E-state index is 12.4. The third-order valence-electron chi connectivity index (χ3n) is 3.90. The topological polar surface area (TPSA) is 52.3 Å². The molecule has 0 aliphatic heterocycles. The molecule has 1 saturated carbocycles. The fraction of sp³-hybridized carbons (Fsp3) is 0.933. The molecule has 0 radical (unpaired) electrons. The van der Waals surface area contributed by atoms with Crippen molar-refractivity contribution in [3.05, 3.63) is 0 Å². The van der Waals surface area contributed by atoms with Crippen molar-refractivity contribution in [1.29, 1.82) is 0 Å². The molecule has 1 rings (SSSR count). The minimum atomic E-state index is -0.806. The van der Waals surface area contributed by atoms with Crippen LogP contribution in [-0.4, -0.2) is 17.1 Å². The third-order valence-corrected chi connectivity index (χ3v) is 3.90. The van der Waals surface area contributed by atoms with Crippen LogP contribution in [0.3, 0.4) is 0 Å². The molecule has 0 bridgehead atoms. The summed E-state index contributed by atoms with van der Waals surface area (Å²) in [5, 5.41) is 0. The molecule has 1 fully saturated rings. The summed E-state index contributed by atoms with van der Waals surface area (Å²) in [6.45, 7) is 12.1. The third kappa shape index (κ3) is 3.47. The highest BCUT2D eigenvalue weighted by Crippen LogP contribution is 2.40. The zero-order chi connectivity index (χ0) is 14.1. The van der Waals surface area contributed by atoms with Crippen LogP contribution in [0.5, 0.6) is 0 Å². The Labute approximate surface area is 111 Å². The lowest BCUT2D eigenvalue weighted by Gasteiger charge is -2.44. The van der Waals surface area contributed by atoms with E-state index in [1.165, 1.54) is 0 Å². The Hall–Kier alpha value is -0.570. The van der Waals surface area contributed by atoms with Gasteiger partial charge in [-0.1, -0.05) is 27.2 Å². The van der Waals surface area contributed by atoms with E-state index in [1.807, 2.05) is 20.8 Å². The monoisotopic (exact) mass is 255 g/mol. The lowest BCUT2D eigenvalue weighted by Crippen LogP contribution is -2.60. The summed E-state index contributed by atoms with van der Waals surface area (Å²) in [6, 6.07) is 0. The largest absolute Gasteiger partial charge is 0.459 e. The first-order chi connectivity index (χ1) is 8.06. The molecule has 3 nitrogen and oxygen atoms in total. The molecule has 0 heterocycles. The lowest BCUT2D eigenvalue weighted by atomic mass is 9.65. The highest BCUT2D eigenvalue weighted by atomic mass is 16.6. The molecule has 0 unspecified atom stereocenters. The smallest absolute Gasteiger partial charge is 0.326 e. The predicted octanol–water partition coefficient (Wildman–Crippen LogP) is 3.12. The van der Waals surface area contributed by atoms with Crippen LogP contribution in [0.4, 0.5) is 0 Å². The van der Waals surface area contributed by atoms with Gasteiger partial charge in [-0.05, 0) is 51.4 Å². The Morgan fingerprint density at radius 1 is 1.33 bits per heavy atom. The van der Waals surface area contributed by atoms with E-state index in [9.17, 15) is 4.79 Å². The van der Waals surface area contributed by atoms with Crippen LogP contribution in [0, 0.1) is 17.8 Å². The summed E-state index contributed by atoms with van der Waals surface area (Å²) in [4.78, 5) is 12.4. The second-order valence-electron chi connectivity index (χ2n) is 7.28. The molecule has 106 valence electrons. The molecule has 18 heavy (non-hydrogen) atoms. The normalized spacial score (nSPS) is 33.6. The van der Waals surface area contributed by atoms with Crippen LogP contribution >= 0.6 is 0 Å². The summed E-state index contributed by atoms with van der Waals surface area (Å²) >= 11 is 0. The van der Waals surface area contributed by atoms with Crippen molar-refractivity contribution in [3.63, 3.8) is 0 Å². The van der Waals surface area contributed by atoms with Crippen molar-refractivity contribution >= 4 is 5.97 Å². The number of esters is 1. The van der Waals surface area contributed by atoms with Gasteiger partial charge in [0.1, 0.15) is 11.1 Å². The number of hydrogen-bond donors (Lipinski definition) is 1. The molecule has 0 spiro atoms. The first kappa shape index (κ1) is 15.5. The van der Waals surface area contributed by atoms with Crippen LogP contribution in [0.2, 0.25) is 0 Å². The molecule has 3 heteroatoms. The fourth-order valence-corrected chi connectivity index (χ4v) is 3.09. The van der Waals surface area contributed by atoms with E-state index in [4.69, 9.17) is 10.5 Å². The second kappa shape index (κ2) is 5.20. The van der Waals surface area contributed by atoms with Crippen LogP contribution in [0.1, 0.15) is 60.8 Å². The maximum Gasteiger partial charge on any atom is 0.326 e. The standard InChI is InChI=1S/C15H29NO2/c1-10(2)12-8-7-11(3)9-15(12,16)13(17)18-14(4,5)6/h10-12H,7-9,16H2,1-6H3/t11-,12-,15+/m1/s1. The molecular weight excluding hydrogens is 226 g/mol. The average molecular weight is 255 g/mol. The van der Waals surface area contributed by atoms with Gasteiger partial charge in [-0.2, -0.15) is 0 Å². The van der Waals surface area contributed by atoms with Gasteiger partial charge in [-0.15, -0.1) is 0 Å². The Morgan fingerprint density at radius 2 is 1.89 bits per heavy atom. The van der Waals surface area contributed by atoms with E-state index < -0.39 is 11.1 Å². The highest BCUT2D eigenvalue weighted by molar-refractivity contribution is 5.81. The summed E-state index contributed by atoms with van der Waals surface area (Å²) in [7, 11) is 0. The van der Waals surface area contributed by atoms with Gasteiger partial charge in [0.15, 0.2) is 0 Å². The minimum Gasteiger partial charge on any atom is -0.459 e. The van der Waals surface area contributed by atoms with Gasteiger partial charge in [-0.3, -0.25) is 4.79 Å². The Balaban J connectivity index is 2.93. The maximum absolute atomic E-state index is 12.4. The van der Waals surface area contributed by atoms with Gasteiger partial charge in [0.05, 0.1) is 0 Å². The molecule has 3 atom stereocenters. The van der Waals surface area contributed by atoms with E-state index in [0.717, 1.165) is 19.3 Å². The second-order valence-corrected chi connectivity index (χ2v) is 7.28. The van der Waals surface area contributed by atoms with Gasteiger partial charge in [0, 0.05) is 0 Å². The number of ether oxygens (including phenoxy) is 1. The van der Waals surface area contributed by atoms with E-state index in [0.29, 0.717) is 11.8 Å². The zero-order valence-electron chi connectivity index (χ0n) is 12.7. The van der Waals surface area contributed by atoms with Gasteiger partial charge >= 0.3 is 5.97 Å². The summed E-state index contributed by atoms with van der Waals surface area (Å²) in [6.07, 6.45) is 2.92. The number of rotatable bonds is 2. The summed E-state index contributed by atoms with van der Waals surface area (Å²) < 4.78 is 5.54. The molecule has 1 aliphatic rings. The number of carbonyl (C=O) groups excluding carboxylic acids is 1. The van der Waals surface area contributed by atoms with E-state index in [-0.39, 0.29) is 11.9 Å². The summed E-state index contributed by atoms with van der Waals surface area (Å²) in [5.74, 6) is 0.913. The SMILES string of the molecule is CC(C)[C@H]1CC[C@@H](C)C[C@@]1(N)C(=O)OC(C)(C)C. The van der Waals surface area contributed by atoms with E-state index in [2.05, 4.69) is 20.8 Å². The number of hydrogen-bond acceptors (Lipinski definition) is 3. The van der Waals surface area contributed by atoms with Crippen LogP contribution in [0.15, 0.2) is 0 Å². The molecule has 0 saturated heterocycles. The summed E-state index contributed by atoms with van der Waals surface area (Å²) in [5.41, 5.74) is 5.20. The molecule has 2 N–H and O–H groups in total. The first-order valence-corrected chi connectivity index (χ1v) is 7.08. The van der Waals surface area contributed by atoms with Crippen LogP contribution < -0.4 is 5.73 Å². The van der Waals surface area contributed by atoms with Gasteiger partial charge in [-0.25, -0.2) is 0 Å². The van der Waals surface area contributed by atoms with Crippen molar-refractivity contribution < 1.29 is 9.53 Å². The molecule has 0 aromatic rings. The molecule has 0 aromatic carbocycles. The van der Waals surface area contributed by atoms with Crippen molar-refractivity contribution in [3.8, 4) is 0 Å². The average Bonchev–Trinajstić information content (AvgIpc) is 2.13. The van der Waals surface area contributed by atoms with Gasteiger partial charge in [0.2, 0.25) is 0 Å². The van der Waals surface area contributed by atoms with Crippen molar-refractivity contribution in [2.24, 2.45) is 23.5 Å². The molecule has 0 amide bonds. The highest BCUT2D eigenvalue weighted by Gasteiger charge is 2.48. The van der Waals surface area contributed by atoms with Crippen LogP contribution in [-0.2, 0) is 9.53 Å². The quantitative estimate of drug-likeness (QED) is 0.771. The lowest BCUT2D eigenvalue weighted by molar-refractivity contribution is -0.167. The predicted molar refractivity (Wildman–Crippen MR) is 74.1 cm³/mol. The van der Waals surface area contributed by atoms with Gasteiger partial charge in [0.25, 0.3) is 0 Å². The Bertz CT molecular complexity index is 306. The molecule has 0 aromatic heterocycles. The zero-order valence-corrected chi connectivity index (χ0v) is 12.7. The van der Waals surface area contributed by atoms with E-state index >= 15 is 0 Å². The van der Waals surface area contributed by atoms with Crippen molar-refractivity contribution in [1.82, 2.24) is 0 Å². The van der Waals surface area contributed by atoms with Gasteiger partial charge < -0.3 is 10.5 Å². The molecular formula is C15H29NO2. The fourth-order valence-electron chi connectivity index (χ4n) is 3.09. The first-order valence-electron chi connectivity index (χ1n) is 7.08. The molecule has 1 aliphatic carbocycles. The van der Waals surface area contributed by atoms with E-state index in [1.54, 1.807) is 0 Å².